The Kier molecular flexibility index (Phi) is 9.59. The van der Waals surface area contributed by atoms with Gasteiger partial charge in [0.05, 0.1) is 19.4 Å². The summed E-state index contributed by atoms with van der Waals surface area (Å²) < 4.78 is 17.1. The first kappa shape index (κ1) is 29.2. The Hall–Kier alpha value is -4.84. The molecule has 0 saturated carbocycles. The summed E-state index contributed by atoms with van der Waals surface area (Å²) in [5.41, 5.74) is 1.52. The van der Waals surface area contributed by atoms with Gasteiger partial charge in [-0.05, 0) is 55.0 Å². The van der Waals surface area contributed by atoms with Crippen LogP contribution in [0.1, 0.15) is 12.5 Å². The van der Waals surface area contributed by atoms with Crippen LogP contribution >= 0.6 is 15.9 Å². The molecule has 11 nitrogen and oxygen atoms in total. The second kappa shape index (κ2) is 13.5. The fraction of sp³-hybridized carbons (Fsp3) is 0.172. The molecule has 0 radical (unpaired) electrons. The van der Waals surface area contributed by atoms with Crippen LogP contribution in [0.5, 0.6) is 17.2 Å². The van der Waals surface area contributed by atoms with Crippen molar-refractivity contribution in [1.82, 2.24) is 10.2 Å². The van der Waals surface area contributed by atoms with E-state index in [1.54, 1.807) is 55.5 Å². The minimum absolute atomic E-state index is 0.0286. The van der Waals surface area contributed by atoms with E-state index in [2.05, 4.69) is 31.9 Å². The molecule has 1 heterocycles. The van der Waals surface area contributed by atoms with Gasteiger partial charge in [-0.2, -0.15) is 0 Å². The Bertz CT molecular complexity index is 1490. The molecule has 0 spiro atoms. The number of imide groups is 1. The van der Waals surface area contributed by atoms with Crippen LogP contribution in [0.25, 0.3) is 6.08 Å². The van der Waals surface area contributed by atoms with Gasteiger partial charge in [-0.25, -0.2) is 9.69 Å². The Balaban J connectivity index is 1.45. The van der Waals surface area contributed by atoms with Crippen molar-refractivity contribution in [3.8, 4) is 17.2 Å². The van der Waals surface area contributed by atoms with Gasteiger partial charge in [0.2, 0.25) is 5.91 Å². The SMILES string of the molecule is CCOc1cc(/C=C2/NC(=O)N(CC(=O)Nc3ccccc3OC)C2=O)c(Br)cc1OCC(=O)Nc1ccccc1. The van der Waals surface area contributed by atoms with Crippen molar-refractivity contribution in [2.24, 2.45) is 0 Å². The third-order valence-corrected chi connectivity index (χ3v) is 6.41. The number of para-hydroxylation sites is 3. The number of ether oxygens (including phenoxy) is 3. The first-order valence-electron chi connectivity index (χ1n) is 12.5. The van der Waals surface area contributed by atoms with Gasteiger partial charge in [-0.1, -0.05) is 46.3 Å². The van der Waals surface area contributed by atoms with Gasteiger partial charge >= 0.3 is 6.03 Å². The molecule has 3 N–H and O–H groups in total. The number of anilines is 2. The summed E-state index contributed by atoms with van der Waals surface area (Å²) in [6.07, 6.45) is 1.46. The molecule has 212 valence electrons. The Morgan fingerprint density at radius 3 is 2.37 bits per heavy atom. The zero-order chi connectivity index (χ0) is 29.4. The fourth-order valence-corrected chi connectivity index (χ4v) is 4.29. The van der Waals surface area contributed by atoms with Gasteiger partial charge in [0.25, 0.3) is 11.8 Å². The number of hydrogen-bond donors (Lipinski definition) is 3. The molecule has 4 rings (SSSR count). The van der Waals surface area contributed by atoms with Crippen molar-refractivity contribution in [3.05, 3.63) is 82.5 Å². The number of methoxy groups -OCH3 is 1. The van der Waals surface area contributed by atoms with Crippen molar-refractivity contribution in [2.75, 3.05) is 37.5 Å². The maximum atomic E-state index is 13.0. The van der Waals surface area contributed by atoms with E-state index in [9.17, 15) is 19.2 Å². The molecule has 1 saturated heterocycles. The third-order valence-electron chi connectivity index (χ3n) is 5.72. The van der Waals surface area contributed by atoms with Gasteiger partial charge in [0.15, 0.2) is 18.1 Å². The number of nitrogens with zero attached hydrogens (tertiary/aromatic N) is 1. The molecular weight excluding hydrogens is 596 g/mol. The largest absolute Gasteiger partial charge is 0.495 e. The van der Waals surface area contributed by atoms with Gasteiger partial charge in [0, 0.05) is 10.2 Å². The Morgan fingerprint density at radius 2 is 1.63 bits per heavy atom. The van der Waals surface area contributed by atoms with Crippen molar-refractivity contribution in [3.63, 3.8) is 0 Å². The number of nitrogens with one attached hydrogen (secondary N) is 3. The van der Waals surface area contributed by atoms with E-state index >= 15 is 0 Å². The lowest BCUT2D eigenvalue weighted by Crippen LogP contribution is -2.38. The lowest BCUT2D eigenvalue weighted by molar-refractivity contribution is -0.127. The molecule has 41 heavy (non-hydrogen) atoms. The van der Waals surface area contributed by atoms with E-state index in [4.69, 9.17) is 14.2 Å². The average molecular weight is 623 g/mol. The molecule has 0 unspecified atom stereocenters. The number of urea groups is 1. The zero-order valence-corrected chi connectivity index (χ0v) is 23.8. The third kappa shape index (κ3) is 7.42. The second-order valence-corrected chi connectivity index (χ2v) is 9.44. The standard InChI is InChI=1S/C29H27BrN4O7/c1-3-40-24-14-18(20(30)15-25(24)41-17-27(36)31-19-9-5-4-6-10-19)13-22-28(37)34(29(38)33-22)16-26(35)32-21-11-7-8-12-23(21)39-2/h4-15H,3,16-17H2,1-2H3,(H,31,36)(H,32,35)(H,33,38)/b22-13+. The summed E-state index contributed by atoms with van der Waals surface area (Å²) in [6, 6.07) is 18.3. The van der Waals surface area contributed by atoms with Crippen molar-refractivity contribution < 1.29 is 33.4 Å². The first-order valence-corrected chi connectivity index (χ1v) is 13.3. The lowest BCUT2D eigenvalue weighted by Gasteiger charge is -2.14. The molecule has 3 aromatic carbocycles. The highest BCUT2D eigenvalue weighted by atomic mass is 79.9. The second-order valence-electron chi connectivity index (χ2n) is 8.58. The van der Waals surface area contributed by atoms with Crippen LogP contribution in [0.15, 0.2) is 76.9 Å². The van der Waals surface area contributed by atoms with Crippen molar-refractivity contribution in [2.45, 2.75) is 6.92 Å². The molecule has 5 amide bonds. The van der Waals surface area contributed by atoms with Crippen LogP contribution in [0.4, 0.5) is 16.2 Å². The number of amides is 5. The molecule has 0 bridgehead atoms. The van der Waals surface area contributed by atoms with E-state index in [1.165, 1.54) is 13.2 Å². The first-order chi connectivity index (χ1) is 19.8. The smallest absolute Gasteiger partial charge is 0.329 e. The molecule has 0 aliphatic carbocycles. The van der Waals surface area contributed by atoms with Crippen LogP contribution in [-0.2, 0) is 14.4 Å². The van der Waals surface area contributed by atoms with E-state index in [1.807, 2.05) is 18.2 Å². The van der Waals surface area contributed by atoms with E-state index in [-0.39, 0.29) is 18.2 Å². The number of halogens is 1. The van der Waals surface area contributed by atoms with E-state index < -0.39 is 24.4 Å². The predicted molar refractivity (Wildman–Crippen MR) is 156 cm³/mol. The molecule has 1 fully saturated rings. The summed E-state index contributed by atoms with van der Waals surface area (Å²) in [4.78, 5) is 51.3. The minimum Gasteiger partial charge on any atom is -0.495 e. The van der Waals surface area contributed by atoms with Crippen molar-refractivity contribution in [1.29, 1.82) is 0 Å². The minimum atomic E-state index is -0.734. The normalized spacial score (nSPS) is 13.5. The van der Waals surface area contributed by atoms with Crippen LogP contribution < -0.4 is 30.2 Å². The number of rotatable bonds is 11. The summed E-state index contributed by atoms with van der Waals surface area (Å²) in [5, 5.41) is 7.88. The molecule has 1 aliphatic rings. The van der Waals surface area contributed by atoms with Gasteiger partial charge in [-0.15, -0.1) is 0 Å². The topological polar surface area (TPSA) is 135 Å². The van der Waals surface area contributed by atoms with Crippen molar-refractivity contribution >= 4 is 57.1 Å². The lowest BCUT2D eigenvalue weighted by atomic mass is 10.1. The number of hydrogen-bond acceptors (Lipinski definition) is 7. The van der Waals surface area contributed by atoms with E-state index in [0.717, 1.165) is 4.90 Å². The van der Waals surface area contributed by atoms with Crippen LogP contribution in [-0.4, -0.2) is 55.5 Å². The summed E-state index contributed by atoms with van der Waals surface area (Å²) in [5.74, 6) is -0.516. The van der Waals surface area contributed by atoms with Crippen LogP contribution in [0.3, 0.4) is 0 Å². The Labute approximate surface area is 244 Å². The molecule has 0 aromatic heterocycles. The summed E-state index contributed by atoms with van der Waals surface area (Å²) in [6.45, 7) is 1.35. The zero-order valence-electron chi connectivity index (χ0n) is 22.2. The highest BCUT2D eigenvalue weighted by Gasteiger charge is 2.35. The molecule has 1 aliphatic heterocycles. The number of carbonyl (C=O) groups excluding carboxylic acids is 4. The maximum absolute atomic E-state index is 13.0. The molecular formula is C29H27BrN4O7. The van der Waals surface area contributed by atoms with Crippen LogP contribution in [0.2, 0.25) is 0 Å². The van der Waals surface area contributed by atoms with Gasteiger partial charge in [-0.3, -0.25) is 14.4 Å². The predicted octanol–water partition coefficient (Wildman–Crippen LogP) is 4.41. The molecule has 0 atom stereocenters. The van der Waals surface area contributed by atoms with Crippen LogP contribution in [0, 0.1) is 0 Å². The quantitative estimate of drug-likeness (QED) is 0.213. The summed E-state index contributed by atoms with van der Waals surface area (Å²) >= 11 is 3.45. The van der Waals surface area contributed by atoms with E-state index in [0.29, 0.717) is 45.3 Å². The molecule has 3 aromatic rings. The monoisotopic (exact) mass is 622 g/mol. The molecule has 12 heteroatoms. The highest BCUT2D eigenvalue weighted by molar-refractivity contribution is 9.10. The summed E-state index contributed by atoms with van der Waals surface area (Å²) in [7, 11) is 1.47. The fourth-order valence-electron chi connectivity index (χ4n) is 3.86. The maximum Gasteiger partial charge on any atom is 0.329 e. The number of carbonyl (C=O) groups is 4. The Morgan fingerprint density at radius 1 is 0.927 bits per heavy atom. The van der Waals surface area contributed by atoms with Gasteiger partial charge in [0.1, 0.15) is 18.0 Å². The van der Waals surface area contributed by atoms with Gasteiger partial charge < -0.3 is 30.2 Å². The number of benzene rings is 3. The average Bonchev–Trinajstić information content (AvgIpc) is 3.22. The highest BCUT2D eigenvalue weighted by Crippen LogP contribution is 2.35.